The fourth-order valence-electron chi connectivity index (χ4n) is 3.43. The third-order valence-corrected chi connectivity index (χ3v) is 5.05. The van der Waals surface area contributed by atoms with Gasteiger partial charge in [-0.2, -0.15) is 4.98 Å². The number of anilines is 1. The molecule has 0 fully saturated rings. The molecule has 8 heteroatoms. The summed E-state index contributed by atoms with van der Waals surface area (Å²) in [6.07, 6.45) is 0. The Labute approximate surface area is 184 Å². The molecule has 0 saturated heterocycles. The van der Waals surface area contributed by atoms with Crippen LogP contribution in [0.5, 0.6) is 5.75 Å². The summed E-state index contributed by atoms with van der Waals surface area (Å²) in [6, 6.07) is 18.1. The molecule has 2 aromatic heterocycles. The van der Waals surface area contributed by atoms with Gasteiger partial charge in [-0.25, -0.2) is 0 Å². The fraction of sp³-hybridized carbons (Fsp3) is 0.167. The van der Waals surface area contributed by atoms with Crippen molar-refractivity contribution in [1.82, 2.24) is 14.7 Å². The first-order chi connectivity index (χ1) is 15.5. The van der Waals surface area contributed by atoms with Crippen molar-refractivity contribution in [1.29, 1.82) is 0 Å². The Morgan fingerprint density at radius 2 is 1.81 bits per heavy atom. The average Bonchev–Trinajstić information content (AvgIpc) is 3.27. The molecular formula is C24H22N4O4. The Morgan fingerprint density at radius 3 is 2.50 bits per heavy atom. The van der Waals surface area contributed by atoms with Crippen LogP contribution in [0.3, 0.4) is 0 Å². The largest absolute Gasteiger partial charge is 0.497 e. The number of methoxy groups -OCH3 is 1. The molecule has 1 amide bonds. The van der Waals surface area contributed by atoms with E-state index in [1.807, 2.05) is 36.4 Å². The number of para-hydroxylation sites is 1. The lowest BCUT2D eigenvalue weighted by molar-refractivity contribution is -0.116. The zero-order valence-electron chi connectivity index (χ0n) is 18.0. The van der Waals surface area contributed by atoms with Crippen LogP contribution in [0.15, 0.2) is 70.0 Å². The highest BCUT2D eigenvalue weighted by atomic mass is 16.5. The van der Waals surface area contributed by atoms with Crippen molar-refractivity contribution in [2.45, 2.75) is 20.4 Å². The molecular weight excluding hydrogens is 408 g/mol. The molecule has 0 spiro atoms. The van der Waals surface area contributed by atoms with Crippen molar-refractivity contribution >= 4 is 11.6 Å². The quantitative estimate of drug-likeness (QED) is 0.499. The molecule has 8 nitrogen and oxygen atoms in total. The summed E-state index contributed by atoms with van der Waals surface area (Å²) in [5, 5.41) is 6.81. The number of carbonyl (C=O) groups excluding carboxylic acids is 1. The van der Waals surface area contributed by atoms with Crippen LogP contribution in [-0.4, -0.2) is 27.7 Å². The van der Waals surface area contributed by atoms with Crippen LogP contribution in [0.1, 0.15) is 11.3 Å². The smallest absolute Gasteiger partial charge is 0.264 e. The molecule has 0 bridgehead atoms. The van der Waals surface area contributed by atoms with Gasteiger partial charge in [-0.15, -0.1) is 0 Å². The van der Waals surface area contributed by atoms with Gasteiger partial charge in [0.15, 0.2) is 0 Å². The normalized spacial score (nSPS) is 10.7. The third kappa shape index (κ3) is 4.29. The van der Waals surface area contributed by atoms with Gasteiger partial charge in [0.05, 0.1) is 7.11 Å². The van der Waals surface area contributed by atoms with Crippen LogP contribution in [0.4, 0.5) is 5.69 Å². The number of hydrogen-bond acceptors (Lipinski definition) is 6. The van der Waals surface area contributed by atoms with Crippen molar-refractivity contribution in [3.05, 3.63) is 82.3 Å². The van der Waals surface area contributed by atoms with Crippen molar-refractivity contribution in [3.63, 3.8) is 0 Å². The number of nitrogens with one attached hydrogen (secondary N) is 1. The minimum atomic E-state index is -0.365. The van der Waals surface area contributed by atoms with Crippen molar-refractivity contribution in [2.24, 2.45) is 0 Å². The number of hydrogen-bond donors (Lipinski definition) is 1. The molecule has 0 radical (unpaired) electrons. The molecule has 32 heavy (non-hydrogen) atoms. The highest BCUT2D eigenvalue weighted by Gasteiger charge is 2.20. The van der Waals surface area contributed by atoms with Gasteiger partial charge in [-0.05, 0) is 61.9 Å². The van der Waals surface area contributed by atoms with Gasteiger partial charge < -0.3 is 19.1 Å². The number of nitrogens with zero attached hydrogens (tertiary/aromatic N) is 3. The molecule has 4 aromatic rings. The van der Waals surface area contributed by atoms with Crippen LogP contribution >= 0.6 is 0 Å². The number of benzene rings is 2. The second-order valence-electron chi connectivity index (χ2n) is 7.30. The molecule has 1 N–H and O–H groups in total. The summed E-state index contributed by atoms with van der Waals surface area (Å²) in [5.74, 6) is 0.870. The molecule has 0 saturated carbocycles. The maximum Gasteiger partial charge on any atom is 0.264 e. The van der Waals surface area contributed by atoms with Crippen LogP contribution in [0, 0.1) is 13.8 Å². The first-order valence-corrected chi connectivity index (χ1v) is 10.0. The lowest BCUT2D eigenvalue weighted by Gasteiger charge is -2.13. The predicted octanol–water partition coefficient (Wildman–Crippen LogP) is 3.83. The second kappa shape index (κ2) is 8.89. The molecule has 2 aromatic carbocycles. The van der Waals surface area contributed by atoms with E-state index in [0.717, 1.165) is 5.56 Å². The Hall–Kier alpha value is -4.20. The lowest BCUT2D eigenvalue weighted by Crippen LogP contribution is -2.30. The van der Waals surface area contributed by atoms with E-state index in [1.54, 1.807) is 45.2 Å². The van der Waals surface area contributed by atoms with E-state index in [9.17, 15) is 9.59 Å². The van der Waals surface area contributed by atoms with Gasteiger partial charge in [0.1, 0.15) is 17.9 Å². The summed E-state index contributed by atoms with van der Waals surface area (Å²) in [6.45, 7) is 3.45. The maximum absolute atomic E-state index is 13.3. The van der Waals surface area contributed by atoms with Gasteiger partial charge in [0.25, 0.3) is 11.4 Å². The Bertz CT molecular complexity index is 1310. The topological polar surface area (TPSA) is 99.3 Å². The number of aromatic nitrogens is 3. The Balaban J connectivity index is 1.64. The zero-order valence-corrected chi connectivity index (χ0v) is 18.0. The summed E-state index contributed by atoms with van der Waals surface area (Å²) >= 11 is 0. The maximum atomic E-state index is 13.3. The van der Waals surface area contributed by atoms with E-state index in [-0.39, 0.29) is 29.5 Å². The average molecular weight is 430 g/mol. The van der Waals surface area contributed by atoms with E-state index >= 15 is 0 Å². The summed E-state index contributed by atoms with van der Waals surface area (Å²) in [4.78, 5) is 30.2. The molecule has 0 unspecified atom stereocenters. The first-order valence-electron chi connectivity index (χ1n) is 10.0. The number of rotatable bonds is 6. The number of amides is 1. The minimum absolute atomic E-state index is 0.107. The van der Waals surface area contributed by atoms with Crippen molar-refractivity contribution in [3.8, 4) is 28.6 Å². The third-order valence-electron chi connectivity index (χ3n) is 5.05. The Kier molecular flexibility index (Phi) is 5.85. The summed E-state index contributed by atoms with van der Waals surface area (Å²) < 4.78 is 12.0. The van der Waals surface area contributed by atoms with Gasteiger partial charge >= 0.3 is 0 Å². The number of carbonyl (C=O) groups is 1. The van der Waals surface area contributed by atoms with E-state index < -0.39 is 0 Å². The van der Waals surface area contributed by atoms with Crippen molar-refractivity contribution < 1.29 is 14.1 Å². The molecule has 162 valence electrons. The van der Waals surface area contributed by atoms with Crippen LogP contribution < -0.4 is 15.6 Å². The van der Waals surface area contributed by atoms with E-state index in [4.69, 9.17) is 9.26 Å². The number of aryl methyl sites for hydroxylation is 2. The first kappa shape index (κ1) is 21.0. The zero-order chi connectivity index (χ0) is 22.7. The monoisotopic (exact) mass is 430 g/mol. The lowest BCUT2D eigenvalue weighted by atomic mass is 10.1. The number of ether oxygens (including phenoxy) is 1. The van der Waals surface area contributed by atoms with Crippen LogP contribution in [0.2, 0.25) is 0 Å². The molecule has 0 aliphatic heterocycles. The van der Waals surface area contributed by atoms with Gasteiger partial charge in [-0.1, -0.05) is 23.4 Å². The fourth-order valence-corrected chi connectivity index (χ4v) is 3.43. The van der Waals surface area contributed by atoms with Crippen molar-refractivity contribution in [2.75, 3.05) is 12.4 Å². The molecule has 0 atom stereocenters. The van der Waals surface area contributed by atoms with E-state index in [2.05, 4.69) is 15.5 Å². The van der Waals surface area contributed by atoms with Gasteiger partial charge in [-0.3, -0.25) is 9.59 Å². The second-order valence-corrected chi connectivity index (χ2v) is 7.30. The SMILES string of the molecule is COc1ccc(-c2noc(-c3c(C)cc(C)n(CC(=O)Nc4ccccc4)c3=O)n2)cc1. The van der Waals surface area contributed by atoms with Gasteiger partial charge in [0.2, 0.25) is 11.7 Å². The molecule has 0 aliphatic carbocycles. The molecule has 4 rings (SSSR count). The van der Waals surface area contributed by atoms with Crippen LogP contribution in [0.25, 0.3) is 22.8 Å². The van der Waals surface area contributed by atoms with Gasteiger partial charge in [0, 0.05) is 16.9 Å². The minimum Gasteiger partial charge on any atom is -0.497 e. The standard InChI is InChI=1S/C24H22N4O4/c1-15-13-16(2)28(14-20(29)25-18-7-5-4-6-8-18)24(30)21(15)23-26-22(27-32-23)17-9-11-19(31-3)12-10-17/h4-13H,14H2,1-3H3,(H,25,29). The highest BCUT2D eigenvalue weighted by Crippen LogP contribution is 2.24. The van der Waals surface area contributed by atoms with E-state index in [1.165, 1.54) is 4.57 Å². The number of pyridine rings is 1. The predicted molar refractivity (Wildman–Crippen MR) is 121 cm³/mol. The van der Waals surface area contributed by atoms with Crippen LogP contribution in [-0.2, 0) is 11.3 Å². The van der Waals surface area contributed by atoms with E-state index in [0.29, 0.717) is 28.5 Å². The molecule has 0 aliphatic rings. The summed E-state index contributed by atoms with van der Waals surface area (Å²) in [7, 11) is 1.59. The molecule has 2 heterocycles. The highest BCUT2D eigenvalue weighted by molar-refractivity contribution is 5.90. The Morgan fingerprint density at radius 1 is 1.09 bits per heavy atom. The summed E-state index contributed by atoms with van der Waals surface area (Å²) in [5.41, 5.74) is 2.65.